The predicted octanol–water partition coefficient (Wildman–Crippen LogP) is 4.52. The van der Waals surface area contributed by atoms with Crippen LogP contribution in [0.4, 0.5) is 0 Å². The van der Waals surface area contributed by atoms with Crippen LogP contribution >= 0.6 is 23.2 Å². The SMILES string of the molecule is CCCOc1ccc(Cn2c(C)nc(Cl)c2/C=C/C(=O)OC)c(Cl)c1. The summed E-state index contributed by atoms with van der Waals surface area (Å²) < 4.78 is 12.1. The van der Waals surface area contributed by atoms with Gasteiger partial charge in [0.05, 0.1) is 26.0 Å². The molecule has 0 unspecified atom stereocenters. The number of aromatic nitrogens is 2. The van der Waals surface area contributed by atoms with Crippen LogP contribution in [-0.2, 0) is 16.1 Å². The molecule has 0 fully saturated rings. The molecule has 0 aliphatic carbocycles. The molecule has 1 heterocycles. The van der Waals surface area contributed by atoms with Gasteiger partial charge in [-0.15, -0.1) is 0 Å². The Morgan fingerprint density at radius 2 is 2.12 bits per heavy atom. The van der Waals surface area contributed by atoms with Crippen molar-refractivity contribution < 1.29 is 14.3 Å². The summed E-state index contributed by atoms with van der Waals surface area (Å²) in [7, 11) is 1.32. The Morgan fingerprint density at radius 1 is 1.36 bits per heavy atom. The summed E-state index contributed by atoms with van der Waals surface area (Å²) in [6.45, 7) is 5.01. The molecule has 0 bridgehead atoms. The fourth-order valence-electron chi connectivity index (χ4n) is 2.26. The molecule has 1 aromatic heterocycles. The molecule has 134 valence electrons. The van der Waals surface area contributed by atoms with Gasteiger partial charge >= 0.3 is 5.97 Å². The minimum atomic E-state index is -0.461. The summed E-state index contributed by atoms with van der Waals surface area (Å²) in [5.41, 5.74) is 1.52. The van der Waals surface area contributed by atoms with Gasteiger partial charge in [0.1, 0.15) is 11.6 Å². The third-order valence-corrected chi connectivity index (χ3v) is 4.19. The number of carbonyl (C=O) groups excluding carboxylic acids is 1. The van der Waals surface area contributed by atoms with Gasteiger partial charge in [0.2, 0.25) is 0 Å². The molecular formula is C18H20Cl2N2O3. The summed E-state index contributed by atoms with van der Waals surface area (Å²) in [6.07, 6.45) is 3.82. The number of aryl methyl sites for hydroxylation is 1. The summed E-state index contributed by atoms with van der Waals surface area (Å²) in [6, 6.07) is 5.59. The monoisotopic (exact) mass is 382 g/mol. The number of esters is 1. The van der Waals surface area contributed by atoms with Crippen molar-refractivity contribution in [3.63, 3.8) is 0 Å². The number of rotatable bonds is 7. The number of carbonyl (C=O) groups is 1. The minimum Gasteiger partial charge on any atom is -0.494 e. The standard InChI is InChI=1S/C18H20Cl2N2O3/c1-4-9-25-14-6-5-13(15(19)10-14)11-22-12(2)21-18(20)16(22)7-8-17(23)24-3/h5-8,10H,4,9,11H2,1-3H3/b8-7+. The highest BCUT2D eigenvalue weighted by atomic mass is 35.5. The number of hydrogen-bond donors (Lipinski definition) is 0. The molecule has 2 aromatic rings. The Morgan fingerprint density at radius 3 is 2.76 bits per heavy atom. The molecule has 0 saturated carbocycles. The molecule has 5 nitrogen and oxygen atoms in total. The van der Waals surface area contributed by atoms with Crippen LogP contribution in [0.15, 0.2) is 24.3 Å². The van der Waals surface area contributed by atoms with Crippen molar-refractivity contribution in [3.8, 4) is 5.75 Å². The average Bonchev–Trinajstić information content (AvgIpc) is 2.86. The van der Waals surface area contributed by atoms with Crippen molar-refractivity contribution in [2.24, 2.45) is 0 Å². The van der Waals surface area contributed by atoms with Crippen LogP contribution < -0.4 is 4.74 Å². The van der Waals surface area contributed by atoms with Crippen LogP contribution in [-0.4, -0.2) is 29.2 Å². The van der Waals surface area contributed by atoms with Crippen LogP contribution in [0.1, 0.15) is 30.4 Å². The third kappa shape index (κ3) is 5.00. The Labute approximate surface area is 157 Å². The Kier molecular flexibility index (Phi) is 6.91. The molecule has 0 atom stereocenters. The van der Waals surface area contributed by atoms with Gasteiger partial charge < -0.3 is 14.0 Å². The van der Waals surface area contributed by atoms with Crippen LogP contribution in [0.25, 0.3) is 6.08 Å². The molecule has 0 aliphatic rings. The molecule has 2 rings (SSSR count). The average molecular weight is 383 g/mol. The van der Waals surface area contributed by atoms with Crippen molar-refractivity contribution in [3.05, 3.63) is 51.5 Å². The van der Waals surface area contributed by atoms with E-state index in [0.717, 1.165) is 23.6 Å². The smallest absolute Gasteiger partial charge is 0.330 e. The summed E-state index contributed by atoms with van der Waals surface area (Å²) in [4.78, 5) is 15.6. The van der Waals surface area contributed by atoms with Gasteiger partial charge in [0, 0.05) is 11.1 Å². The first-order chi connectivity index (χ1) is 12.0. The van der Waals surface area contributed by atoms with E-state index in [9.17, 15) is 4.79 Å². The zero-order chi connectivity index (χ0) is 18.4. The van der Waals surface area contributed by atoms with Gasteiger partial charge in [-0.3, -0.25) is 0 Å². The van der Waals surface area contributed by atoms with Gasteiger partial charge in [0.15, 0.2) is 5.15 Å². The van der Waals surface area contributed by atoms with E-state index in [2.05, 4.69) is 9.72 Å². The lowest BCUT2D eigenvalue weighted by Gasteiger charge is -2.12. The number of benzene rings is 1. The number of nitrogens with zero attached hydrogens (tertiary/aromatic N) is 2. The zero-order valence-corrected chi connectivity index (χ0v) is 15.9. The highest BCUT2D eigenvalue weighted by molar-refractivity contribution is 6.31. The van der Waals surface area contributed by atoms with Crippen molar-refractivity contribution in [1.82, 2.24) is 9.55 Å². The van der Waals surface area contributed by atoms with Gasteiger partial charge in [0.25, 0.3) is 0 Å². The maximum atomic E-state index is 11.3. The van der Waals surface area contributed by atoms with E-state index >= 15 is 0 Å². The Hall–Kier alpha value is -1.98. The maximum absolute atomic E-state index is 11.3. The highest BCUT2D eigenvalue weighted by Crippen LogP contribution is 2.26. The number of imidazole rings is 1. The number of methoxy groups -OCH3 is 1. The molecule has 0 radical (unpaired) electrons. The molecule has 25 heavy (non-hydrogen) atoms. The number of halogens is 2. The second-order valence-electron chi connectivity index (χ2n) is 5.38. The normalized spacial score (nSPS) is 11.1. The first-order valence-corrected chi connectivity index (χ1v) is 8.61. The molecular weight excluding hydrogens is 363 g/mol. The molecule has 0 N–H and O–H groups in total. The van der Waals surface area contributed by atoms with E-state index in [1.807, 2.05) is 30.5 Å². The van der Waals surface area contributed by atoms with E-state index < -0.39 is 5.97 Å². The molecule has 0 spiro atoms. The minimum absolute atomic E-state index is 0.316. The maximum Gasteiger partial charge on any atom is 0.330 e. The van der Waals surface area contributed by atoms with Gasteiger partial charge in [-0.25, -0.2) is 9.78 Å². The summed E-state index contributed by atoms with van der Waals surface area (Å²) in [5, 5.41) is 0.914. The van der Waals surface area contributed by atoms with E-state index in [1.165, 1.54) is 13.2 Å². The third-order valence-electron chi connectivity index (χ3n) is 3.56. The second-order valence-corrected chi connectivity index (χ2v) is 6.14. The van der Waals surface area contributed by atoms with Crippen LogP contribution in [0, 0.1) is 6.92 Å². The van der Waals surface area contributed by atoms with Crippen LogP contribution in [0.2, 0.25) is 10.2 Å². The predicted molar refractivity (Wildman–Crippen MR) is 99.4 cm³/mol. The fraction of sp³-hybridized carbons (Fsp3) is 0.333. The summed E-state index contributed by atoms with van der Waals surface area (Å²) in [5.74, 6) is 0.996. The molecule has 0 amide bonds. The van der Waals surface area contributed by atoms with Crippen molar-refractivity contribution in [2.75, 3.05) is 13.7 Å². The lowest BCUT2D eigenvalue weighted by Crippen LogP contribution is -2.05. The lowest BCUT2D eigenvalue weighted by molar-refractivity contribution is -0.134. The van der Waals surface area contributed by atoms with Gasteiger partial charge in [-0.05, 0) is 37.1 Å². The van der Waals surface area contributed by atoms with Crippen LogP contribution in [0.3, 0.4) is 0 Å². The van der Waals surface area contributed by atoms with E-state index in [-0.39, 0.29) is 0 Å². The Bertz CT molecular complexity index is 785. The Balaban J connectivity index is 2.28. The molecule has 7 heteroatoms. The zero-order valence-electron chi connectivity index (χ0n) is 14.4. The number of hydrogen-bond acceptors (Lipinski definition) is 4. The molecule has 0 saturated heterocycles. The molecule has 0 aliphatic heterocycles. The fourth-order valence-corrected chi connectivity index (χ4v) is 2.77. The molecule has 1 aromatic carbocycles. The van der Waals surface area contributed by atoms with Crippen LogP contribution in [0.5, 0.6) is 5.75 Å². The first kappa shape index (κ1) is 19.3. The van der Waals surface area contributed by atoms with E-state index in [0.29, 0.717) is 29.0 Å². The van der Waals surface area contributed by atoms with Crippen molar-refractivity contribution >= 4 is 35.2 Å². The first-order valence-electron chi connectivity index (χ1n) is 7.86. The largest absolute Gasteiger partial charge is 0.494 e. The van der Waals surface area contributed by atoms with E-state index in [4.69, 9.17) is 27.9 Å². The number of ether oxygens (including phenoxy) is 2. The van der Waals surface area contributed by atoms with Crippen molar-refractivity contribution in [2.45, 2.75) is 26.8 Å². The topological polar surface area (TPSA) is 53.4 Å². The summed E-state index contributed by atoms with van der Waals surface area (Å²) >= 11 is 12.6. The van der Waals surface area contributed by atoms with E-state index in [1.54, 1.807) is 12.1 Å². The second kappa shape index (κ2) is 8.92. The van der Waals surface area contributed by atoms with Gasteiger partial charge in [-0.1, -0.05) is 36.2 Å². The van der Waals surface area contributed by atoms with Crippen molar-refractivity contribution in [1.29, 1.82) is 0 Å². The quantitative estimate of drug-likeness (QED) is 0.521. The lowest BCUT2D eigenvalue weighted by atomic mass is 10.2. The highest BCUT2D eigenvalue weighted by Gasteiger charge is 2.13. The van der Waals surface area contributed by atoms with Gasteiger partial charge in [-0.2, -0.15) is 0 Å².